The zero-order valence-electron chi connectivity index (χ0n) is 8.66. The van der Waals surface area contributed by atoms with E-state index in [1.807, 2.05) is 0 Å². The lowest BCUT2D eigenvalue weighted by Crippen LogP contribution is -2.32. The van der Waals surface area contributed by atoms with Crippen molar-refractivity contribution in [2.45, 2.75) is 31.3 Å². The molecule has 4 unspecified atom stereocenters. The van der Waals surface area contributed by atoms with Gasteiger partial charge in [0.1, 0.15) is 0 Å². The second-order valence-corrected chi connectivity index (χ2v) is 5.06. The quantitative estimate of drug-likeness (QED) is 0.607. The number of hydrogen-bond donors (Lipinski definition) is 3. The minimum Gasteiger partial charge on any atom is -0.351 e. The van der Waals surface area contributed by atoms with Crippen LogP contribution in [0.1, 0.15) is 19.3 Å². The number of carbonyl (C=O) groups is 1. The van der Waals surface area contributed by atoms with Gasteiger partial charge in [0.15, 0.2) is 0 Å². The minimum absolute atomic E-state index is 0. The first-order valence-corrected chi connectivity index (χ1v) is 5.48. The maximum Gasteiger partial charge on any atom is 0.224 e. The molecule has 2 aliphatic carbocycles. The van der Waals surface area contributed by atoms with E-state index in [-0.39, 0.29) is 36.3 Å². The van der Waals surface area contributed by atoms with Gasteiger partial charge in [-0.25, -0.2) is 0 Å². The average molecular weight is 232 g/mol. The molecule has 3 rings (SSSR count). The third-order valence-corrected chi connectivity index (χ3v) is 3.95. The van der Waals surface area contributed by atoms with E-state index < -0.39 is 0 Å². The molecular weight excluding hydrogens is 214 g/mol. The Labute approximate surface area is 95.8 Å². The standard InChI is InChI=1S/C10H17N3O.ClH/c11-7-3-8(7)13-9(14)6-4-10(6)1-2-12-5-10;/h6-8,12H,1-5,11H2,(H,13,14);1H. The van der Waals surface area contributed by atoms with Gasteiger partial charge in [0.2, 0.25) is 5.91 Å². The van der Waals surface area contributed by atoms with Gasteiger partial charge in [-0.2, -0.15) is 0 Å². The summed E-state index contributed by atoms with van der Waals surface area (Å²) in [5.74, 6) is 0.511. The van der Waals surface area contributed by atoms with Crippen LogP contribution in [0.5, 0.6) is 0 Å². The van der Waals surface area contributed by atoms with E-state index in [9.17, 15) is 4.79 Å². The number of carbonyl (C=O) groups excluding carboxylic acids is 1. The number of hydrogen-bond acceptors (Lipinski definition) is 3. The Morgan fingerprint density at radius 1 is 1.53 bits per heavy atom. The predicted molar refractivity (Wildman–Crippen MR) is 59.8 cm³/mol. The maximum atomic E-state index is 11.8. The van der Waals surface area contributed by atoms with E-state index in [0.29, 0.717) is 5.41 Å². The smallest absolute Gasteiger partial charge is 0.224 e. The molecule has 2 saturated carbocycles. The van der Waals surface area contributed by atoms with Crippen LogP contribution in [0.2, 0.25) is 0 Å². The molecule has 3 aliphatic rings. The van der Waals surface area contributed by atoms with Crippen molar-refractivity contribution in [2.75, 3.05) is 13.1 Å². The zero-order chi connectivity index (χ0) is 9.76. The Kier molecular flexibility index (Phi) is 2.69. The molecule has 0 aromatic rings. The molecule has 0 aromatic heterocycles. The second kappa shape index (κ2) is 3.61. The highest BCUT2D eigenvalue weighted by molar-refractivity contribution is 5.85. The van der Waals surface area contributed by atoms with Gasteiger partial charge in [-0.05, 0) is 31.2 Å². The Bertz CT molecular complexity index is 278. The van der Waals surface area contributed by atoms with Crippen molar-refractivity contribution in [2.24, 2.45) is 17.1 Å². The zero-order valence-corrected chi connectivity index (χ0v) is 9.48. The lowest BCUT2D eigenvalue weighted by molar-refractivity contribution is -0.123. The van der Waals surface area contributed by atoms with Crippen LogP contribution in [0.4, 0.5) is 0 Å². The van der Waals surface area contributed by atoms with E-state index in [1.165, 1.54) is 6.42 Å². The molecule has 1 spiro atoms. The fourth-order valence-electron chi connectivity index (χ4n) is 2.62. The summed E-state index contributed by atoms with van der Waals surface area (Å²) in [6, 6.07) is 0.491. The minimum atomic E-state index is 0. The van der Waals surface area contributed by atoms with E-state index >= 15 is 0 Å². The number of rotatable bonds is 2. The van der Waals surface area contributed by atoms with Gasteiger partial charge < -0.3 is 16.4 Å². The molecule has 0 radical (unpaired) electrons. The monoisotopic (exact) mass is 231 g/mol. The van der Waals surface area contributed by atoms with Crippen LogP contribution in [0.3, 0.4) is 0 Å². The Hall–Kier alpha value is -0.320. The first-order valence-electron chi connectivity index (χ1n) is 5.48. The van der Waals surface area contributed by atoms with Crippen molar-refractivity contribution in [3.63, 3.8) is 0 Å². The van der Waals surface area contributed by atoms with Crippen molar-refractivity contribution in [1.29, 1.82) is 0 Å². The van der Waals surface area contributed by atoms with E-state index in [0.717, 1.165) is 25.9 Å². The number of nitrogens with two attached hydrogens (primary N) is 1. The molecule has 3 fully saturated rings. The summed E-state index contributed by atoms with van der Waals surface area (Å²) in [5.41, 5.74) is 5.98. The molecule has 4 nitrogen and oxygen atoms in total. The summed E-state index contributed by atoms with van der Waals surface area (Å²) in [6.07, 6.45) is 3.21. The Morgan fingerprint density at radius 2 is 2.27 bits per heavy atom. The van der Waals surface area contributed by atoms with E-state index in [1.54, 1.807) is 0 Å². The van der Waals surface area contributed by atoms with Crippen LogP contribution in [0.15, 0.2) is 0 Å². The largest absolute Gasteiger partial charge is 0.351 e. The molecule has 0 aromatic carbocycles. The third-order valence-electron chi connectivity index (χ3n) is 3.95. The van der Waals surface area contributed by atoms with Crippen LogP contribution in [-0.2, 0) is 4.79 Å². The predicted octanol–water partition coefficient (Wildman–Crippen LogP) is -0.376. The number of halogens is 1. The van der Waals surface area contributed by atoms with Crippen molar-refractivity contribution >= 4 is 18.3 Å². The van der Waals surface area contributed by atoms with Gasteiger partial charge in [-0.3, -0.25) is 4.79 Å². The summed E-state index contributed by atoms with van der Waals surface area (Å²) < 4.78 is 0. The fourth-order valence-corrected chi connectivity index (χ4v) is 2.62. The van der Waals surface area contributed by atoms with Gasteiger partial charge in [0, 0.05) is 24.5 Å². The van der Waals surface area contributed by atoms with Gasteiger partial charge in [-0.1, -0.05) is 0 Å². The van der Waals surface area contributed by atoms with E-state index in [4.69, 9.17) is 5.73 Å². The number of nitrogens with one attached hydrogen (secondary N) is 2. The van der Waals surface area contributed by atoms with Gasteiger partial charge in [-0.15, -0.1) is 12.4 Å². The van der Waals surface area contributed by atoms with E-state index in [2.05, 4.69) is 10.6 Å². The molecule has 1 aliphatic heterocycles. The van der Waals surface area contributed by atoms with Crippen molar-refractivity contribution in [3.8, 4) is 0 Å². The summed E-state index contributed by atoms with van der Waals surface area (Å²) in [4.78, 5) is 11.8. The average Bonchev–Trinajstić information content (AvgIpc) is 2.91. The summed E-state index contributed by atoms with van der Waals surface area (Å²) in [6.45, 7) is 2.11. The van der Waals surface area contributed by atoms with Crippen molar-refractivity contribution in [1.82, 2.24) is 10.6 Å². The summed E-state index contributed by atoms with van der Waals surface area (Å²) in [5, 5.41) is 6.36. The van der Waals surface area contributed by atoms with Crippen LogP contribution in [0.25, 0.3) is 0 Å². The van der Waals surface area contributed by atoms with Gasteiger partial charge in [0.25, 0.3) is 0 Å². The number of amides is 1. The third kappa shape index (κ3) is 1.86. The van der Waals surface area contributed by atoms with Crippen LogP contribution in [-0.4, -0.2) is 31.1 Å². The van der Waals surface area contributed by atoms with Crippen LogP contribution >= 0.6 is 12.4 Å². The van der Waals surface area contributed by atoms with Gasteiger partial charge in [0.05, 0.1) is 0 Å². The molecule has 1 heterocycles. The molecule has 1 saturated heterocycles. The highest BCUT2D eigenvalue weighted by Gasteiger charge is 2.59. The molecule has 4 atom stereocenters. The second-order valence-electron chi connectivity index (χ2n) is 5.06. The normalized spacial score (nSPS) is 46.1. The lowest BCUT2D eigenvalue weighted by atomic mass is 10.0. The highest BCUT2D eigenvalue weighted by Crippen LogP contribution is 2.56. The summed E-state index contributed by atoms with van der Waals surface area (Å²) in [7, 11) is 0. The first-order chi connectivity index (χ1) is 6.71. The van der Waals surface area contributed by atoms with Crippen LogP contribution < -0.4 is 16.4 Å². The van der Waals surface area contributed by atoms with Crippen LogP contribution in [0, 0.1) is 11.3 Å². The van der Waals surface area contributed by atoms with Crippen molar-refractivity contribution in [3.05, 3.63) is 0 Å². The Morgan fingerprint density at radius 3 is 2.80 bits per heavy atom. The topological polar surface area (TPSA) is 67.1 Å². The molecule has 0 bridgehead atoms. The lowest BCUT2D eigenvalue weighted by Gasteiger charge is -2.07. The molecule has 1 amide bonds. The van der Waals surface area contributed by atoms with Crippen molar-refractivity contribution < 1.29 is 4.79 Å². The Balaban J connectivity index is 0.000000853. The fraction of sp³-hybridized carbons (Fsp3) is 0.900. The molecule has 4 N–H and O–H groups in total. The molecule has 5 heteroatoms. The highest BCUT2D eigenvalue weighted by atomic mass is 35.5. The molecule has 86 valence electrons. The first kappa shape index (κ1) is 11.2. The van der Waals surface area contributed by atoms with Gasteiger partial charge >= 0.3 is 0 Å². The summed E-state index contributed by atoms with van der Waals surface area (Å²) >= 11 is 0. The SMILES string of the molecule is Cl.NC1CC1NC(=O)C1CC12CCNC2. The molecule has 15 heavy (non-hydrogen) atoms. The maximum absolute atomic E-state index is 11.8. The molecular formula is C10H18ClN3O.